The van der Waals surface area contributed by atoms with Crippen molar-refractivity contribution >= 4 is 11.8 Å². The molecular weight excluding hydrogens is 168 g/mol. The minimum absolute atomic E-state index is 0.0318. The van der Waals surface area contributed by atoms with Crippen LogP contribution in [0.3, 0.4) is 0 Å². The van der Waals surface area contributed by atoms with E-state index in [1.165, 1.54) is 0 Å². The van der Waals surface area contributed by atoms with Crippen LogP contribution >= 0.6 is 0 Å². The van der Waals surface area contributed by atoms with Gasteiger partial charge in [0.05, 0.1) is 12.5 Å². The molecule has 0 saturated heterocycles. The highest BCUT2D eigenvalue weighted by Crippen LogP contribution is 2.55. The van der Waals surface area contributed by atoms with E-state index in [0.717, 1.165) is 12.8 Å². The average molecular weight is 182 g/mol. The van der Waals surface area contributed by atoms with E-state index in [1.54, 1.807) is 0 Å². The summed E-state index contributed by atoms with van der Waals surface area (Å²) < 4.78 is 5.01. The molecule has 0 radical (unpaired) electrons. The van der Waals surface area contributed by atoms with Gasteiger partial charge < -0.3 is 4.74 Å². The van der Waals surface area contributed by atoms with E-state index in [4.69, 9.17) is 4.74 Å². The molecule has 0 bridgehead atoms. The summed E-state index contributed by atoms with van der Waals surface area (Å²) in [6, 6.07) is 0. The molecule has 0 aromatic heterocycles. The van der Waals surface area contributed by atoms with Crippen LogP contribution in [0, 0.1) is 17.8 Å². The van der Waals surface area contributed by atoms with Crippen molar-refractivity contribution in [2.45, 2.75) is 26.2 Å². The number of esters is 1. The fourth-order valence-electron chi connectivity index (χ4n) is 2.27. The van der Waals surface area contributed by atoms with Crippen LogP contribution in [0.15, 0.2) is 0 Å². The minimum Gasteiger partial charge on any atom is -0.465 e. The third-order valence-electron chi connectivity index (χ3n) is 2.99. The van der Waals surface area contributed by atoms with Crippen molar-refractivity contribution in [2.75, 3.05) is 6.61 Å². The number of carbonyl (C=O) groups excluding carboxylic acids is 2. The molecule has 2 aliphatic rings. The van der Waals surface area contributed by atoms with Gasteiger partial charge in [-0.2, -0.15) is 0 Å². The Kier molecular flexibility index (Phi) is 2.10. The smallest absolute Gasteiger partial charge is 0.309 e. The SMILES string of the molecule is CCCOC(=O)[C@@H]1[C@H]2CCC(=O)[C@H]21. The van der Waals surface area contributed by atoms with E-state index in [-0.39, 0.29) is 23.6 Å². The van der Waals surface area contributed by atoms with E-state index in [1.807, 2.05) is 6.92 Å². The highest BCUT2D eigenvalue weighted by molar-refractivity contribution is 5.94. The lowest BCUT2D eigenvalue weighted by atomic mass is 10.1. The van der Waals surface area contributed by atoms with E-state index in [0.29, 0.717) is 18.9 Å². The van der Waals surface area contributed by atoms with Gasteiger partial charge in [0.2, 0.25) is 0 Å². The fraction of sp³-hybridized carbons (Fsp3) is 0.800. The largest absolute Gasteiger partial charge is 0.465 e. The van der Waals surface area contributed by atoms with Crippen molar-refractivity contribution in [3.63, 3.8) is 0 Å². The van der Waals surface area contributed by atoms with Gasteiger partial charge in [0, 0.05) is 12.3 Å². The minimum atomic E-state index is -0.148. The number of ketones is 1. The molecule has 0 aromatic carbocycles. The van der Waals surface area contributed by atoms with Crippen LogP contribution in [0.5, 0.6) is 0 Å². The quantitative estimate of drug-likeness (QED) is 0.615. The number of hydrogen-bond donors (Lipinski definition) is 0. The first-order valence-corrected chi connectivity index (χ1v) is 4.95. The Bertz CT molecular complexity index is 247. The molecule has 2 rings (SSSR count). The van der Waals surface area contributed by atoms with Gasteiger partial charge in [-0.1, -0.05) is 6.92 Å². The van der Waals surface area contributed by atoms with Crippen LogP contribution in [-0.4, -0.2) is 18.4 Å². The van der Waals surface area contributed by atoms with Crippen molar-refractivity contribution in [2.24, 2.45) is 17.8 Å². The molecule has 0 heterocycles. The molecular formula is C10H14O3. The lowest BCUT2D eigenvalue weighted by Gasteiger charge is -2.03. The Hall–Kier alpha value is -0.860. The molecule has 0 N–H and O–H groups in total. The fourth-order valence-corrected chi connectivity index (χ4v) is 2.27. The summed E-state index contributed by atoms with van der Waals surface area (Å²) in [5.74, 6) is 0.405. The zero-order valence-corrected chi connectivity index (χ0v) is 7.79. The number of carbonyl (C=O) groups is 2. The molecule has 0 amide bonds. The summed E-state index contributed by atoms with van der Waals surface area (Å²) in [6.45, 7) is 2.45. The summed E-state index contributed by atoms with van der Waals surface area (Å²) in [5.41, 5.74) is 0. The van der Waals surface area contributed by atoms with Crippen LogP contribution < -0.4 is 0 Å². The van der Waals surface area contributed by atoms with Crippen molar-refractivity contribution < 1.29 is 14.3 Å². The maximum Gasteiger partial charge on any atom is 0.309 e. The molecule has 72 valence electrons. The molecule has 3 nitrogen and oxygen atoms in total. The lowest BCUT2D eigenvalue weighted by Crippen LogP contribution is -2.13. The molecule has 3 heteroatoms. The number of Topliss-reactive ketones (excluding diaryl/α,β-unsaturated/α-hetero) is 1. The predicted molar refractivity (Wildman–Crippen MR) is 46.0 cm³/mol. The molecule has 3 atom stereocenters. The molecule has 2 saturated carbocycles. The second-order valence-corrected chi connectivity index (χ2v) is 3.89. The average Bonchev–Trinajstić information content (AvgIpc) is 2.75. The van der Waals surface area contributed by atoms with Crippen molar-refractivity contribution in [1.29, 1.82) is 0 Å². The van der Waals surface area contributed by atoms with Crippen LogP contribution in [0.1, 0.15) is 26.2 Å². The molecule has 2 fully saturated rings. The summed E-state index contributed by atoms with van der Waals surface area (Å²) >= 11 is 0. The molecule has 0 aliphatic heterocycles. The maximum absolute atomic E-state index is 11.3. The van der Waals surface area contributed by atoms with E-state index in [2.05, 4.69) is 0 Å². The van der Waals surface area contributed by atoms with Gasteiger partial charge in [0.1, 0.15) is 5.78 Å². The van der Waals surface area contributed by atoms with Gasteiger partial charge in [-0.3, -0.25) is 9.59 Å². The first kappa shape index (κ1) is 8.73. The standard InChI is InChI=1S/C10H14O3/c1-2-5-13-10(12)9-6-3-4-7(11)8(6)9/h6,8-9H,2-5H2,1H3/t6-,8-,9+/m0/s1. The topological polar surface area (TPSA) is 43.4 Å². The third-order valence-corrected chi connectivity index (χ3v) is 2.99. The van der Waals surface area contributed by atoms with Crippen LogP contribution in [0.4, 0.5) is 0 Å². The summed E-state index contributed by atoms with van der Waals surface area (Å²) in [5, 5.41) is 0. The van der Waals surface area contributed by atoms with E-state index >= 15 is 0 Å². The van der Waals surface area contributed by atoms with Gasteiger partial charge in [0.25, 0.3) is 0 Å². The Morgan fingerprint density at radius 2 is 2.38 bits per heavy atom. The Morgan fingerprint density at radius 3 is 2.92 bits per heavy atom. The summed E-state index contributed by atoms with van der Waals surface area (Å²) in [4.78, 5) is 22.5. The van der Waals surface area contributed by atoms with Gasteiger partial charge >= 0.3 is 5.97 Å². The number of fused-ring (bicyclic) bond motifs is 1. The van der Waals surface area contributed by atoms with Crippen molar-refractivity contribution in [1.82, 2.24) is 0 Å². The predicted octanol–water partition coefficient (Wildman–Crippen LogP) is 1.16. The first-order valence-electron chi connectivity index (χ1n) is 4.95. The molecule has 0 aromatic rings. The zero-order valence-electron chi connectivity index (χ0n) is 7.79. The first-order chi connectivity index (χ1) is 6.25. The third kappa shape index (κ3) is 1.36. The summed E-state index contributed by atoms with van der Waals surface area (Å²) in [7, 11) is 0. The van der Waals surface area contributed by atoms with Gasteiger partial charge in [0.15, 0.2) is 0 Å². The number of ether oxygens (including phenoxy) is 1. The molecule has 0 spiro atoms. The lowest BCUT2D eigenvalue weighted by molar-refractivity contribution is -0.147. The monoisotopic (exact) mass is 182 g/mol. The van der Waals surface area contributed by atoms with Gasteiger partial charge in [-0.05, 0) is 18.8 Å². The van der Waals surface area contributed by atoms with Gasteiger partial charge in [-0.15, -0.1) is 0 Å². The van der Waals surface area contributed by atoms with Crippen LogP contribution in [0.25, 0.3) is 0 Å². The van der Waals surface area contributed by atoms with E-state index < -0.39 is 0 Å². The second kappa shape index (κ2) is 3.13. The highest BCUT2D eigenvalue weighted by atomic mass is 16.5. The second-order valence-electron chi connectivity index (χ2n) is 3.89. The van der Waals surface area contributed by atoms with Crippen molar-refractivity contribution in [3.05, 3.63) is 0 Å². The Labute approximate surface area is 77.4 Å². The summed E-state index contributed by atoms with van der Waals surface area (Å²) in [6.07, 6.45) is 2.42. The Morgan fingerprint density at radius 1 is 1.62 bits per heavy atom. The molecule has 0 unspecified atom stereocenters. The van der Waals surface area contributed by atoms with Gasteiger partial charge in [-0.25, -0.2) is 0 Å². The normalized spacial score (nSPS) is 35.8. The maximum atomic E-state index is 11.3. The Balaban J connectivity index is 1.85. The number of rotatable bonds is 3. The van der Waals surface area contributed by atoms with Crippen molar-refractivity contribution in [3.8, 4) is 0 Å². The zero-order chi connectivity index (χ0) is 9.42. The van der Waals surface area contributed by atoms with Crippen LogP contribution in [0.2, 0.25) is 0 Å². The number of hydrogen-bond acceptors (Lipinski definition) is 3. The molecule has 13 heavy (non-hydrogen) atoms. The van der Waals surface area contributed by atoms with Crippen LogP contribution in [-0.2, 0) is 14.3 Å². The highest BCUT2D eigenvalue weighted by Gasteiger charge is 2.62. The molecule has 2 aliphatic carbocycles. The van der Waals surface area contributed by atoms with E-state index in [9.17, 15) is 9.59 Å².